The molecule has 85 heavy (non-hydrogen) atoms. The molecule has 5 aromatic heterocycles. The van der Waals surface area contributed by atoms with Crippen molar-refractivity contribution in [2.24, 2.45) is 0 Å². The van der Waals surface area contributed by atoms with Crippen LogP contribution in [-0.2, 0) is 6.18 Å². The van der Waals surface area contributed by atoms with Crippen LogP contribution >= 0.6 is 0 Å². The lowest BCUT2D eigenvalue weighted by Crippen LogP contribution is -2.10. The maximum atomic E-state index is 16.4. The van der Waals surface area contributed by atoms with Crippen LogP contribution in [0.3, 0.4) is 0 Å². The molecule has 410 valence electrons. The number of pyridine rings is 2. The van der Waals surface area contributed by atoms with Crippen LogP contribution in [0.4, 0.5) is 13.2 Å². The lowest BCUT2D eigenvalue weighted by molar-refractivity contribution is -0.137. The highest BCUT2D eigenvalue weighted by molar-refractivity contribution is 6.15. The molecule has 5 nitrogen and oxygen atoms in total. The maximum absolute atomic E-state index is 16.4. The van der Waals surface area contributed by atoms with Gasteiger partial charge in [0, 0.05) is 67.0 Å². The Morgan fingerprint density at radius 2 is 0.612 bits per heavy atom. The Hall–Kier alpha value is -10.3. The number of halogens is 3. The molecular weight excluding hydrogens is 1050 g/mol. The summed E-state index contributed by atoms with van der Waals surface area (Å²) in [6.45, 7) is 12.7. The van der Waals surface area contributed by atoms with E-state index in [4.69, 9.17) is 9.97 Å². The van der Waals surface area contributed by atoms with Crippen molar-refractivity contribution in [1.82, 2.24) is 23.7 Å². The zero-order valence-corrected chi connectivity index (χ0v) is 47.8. The van der Waals surface area contributed by atoms with Gasteiger partial charge in [-0.05, 0) is 154 Å². The minimum absolute atomic E-state index is 0.379. The van der Waals surface area contributed by atoms with Crippen molar-refractivity contribution in [3.05, 3.63) is 270 Å². The van der Waals surface area contributed by atoms with Crippen molar-refractivity contribution < 1.29 is 13.2 Å². The molecule has 0 N–H and O–H groups in total. The Morgan fingerprint density at radius 1 is 0.294 bits per heavy atom. The number of benzene rings is 10. The van der Waals surface area contributed by atoms with Crippen molar-refractivity contribution in [3.63, 3.8) is 0 Å². The predicted octanol–water partition coefficient (Wildman–Crippen LogP) is 21.0. The number of fused-ring (bicyclic) bond motifs is 9. The zero-order chi connectivity index (χ0) is 58.0. The maximum Gasteiger partial charge on any atom is 0.416 e. The lowest BCUT2D eigenvalue weighted by atomic mass is 9.91. The molecule has 0 saturated heterocycles. The molecular formula is C77H56F3N5. The number of hydrogen-bond acceptors (Lipinski definition) is 2. The van der Waals surface area contributed by atoms with Crippen LogP contribution in [0, 0.1) is 41.5 Å². The molecule has 0 aliphatic rings. The summed E-state index contributed by atoms with van der Waals surface area (Å²) < 4.78 is 55.8. The van der Waals surface area contributed by atoms with Gasteiger partial charge >= 0.3 is 6.18 Å². The summed E-state index contributed by atoms with van der Waals surface area (Å²) in [7, 11) is 0. The van der Waals surface area contributed by atoms with E-state index in [2.05, 4.69) is 201 Å². The van der Waals surface area contributed by atoms with Crippen LogP contribution in [0.5, 0.6) is 0 Å². The number of nitrogens with zero attached hydrogens (tertiary/aromatic N) is 5. The second kappa shape index (κ2) is 19.7. The minimum Gasteiger partial charge on any atom is -0.308 e. The normalized spacial score (nSPS) is 12.1. The highest BCUT2D eigenvalue weighted by atomic mass is 19.4. The molecule has 15 rings (SSSR count). The van der Waals surface area contributed by atoms with Crippen molar-refractivity contribution in [2.45, 2.75) is 47.7 Å². The highest BCUT2D eigenvalue weighted by Crippen LogP contribution is 2.49. The molecule has 0 radical (unpaired) electrons. The first-order valence-corrected chi connectivity index (χ1v) is 28.7. The number of aromatic nitrogens is 5. The summed E-state index contributed by atoms with van der Waals surface area (Å²) in [4.78, 5) is 9.60. The number of rotatable bonds is 8. The molecule has 5 heterocycles. The topological polar surface area (TPSA) is 40.6 Å². The largest absolute Gasteiger partial charge is 0.416 e. The summed E-state index contributed by atoms with van der Waals surface area (Å²) in [5.41, 5.74) is 21.8. The van der Waals surface area contributed by atoms with E-state index in [1.54, 1.807) is 24.8 Å². The van der Waals surface area contributed by atoms with Crippen LogP contribution in [0.2, 0.25) is 0 Å². The molecule has 15 aromatic rings. The van der Waals surface area contributed by atoms with Crippen LogP contribution in [0.25, 0.3) is 138 Å². The molecule has 8 heteroatoms. The first kappa shape index (κ1) is 51.6. The van der Waals surface area contributed by atoms with Crippen LogP contribution in [0.15, 0.2) is 231 Å². The van der Waals surface area contributed by atoms with Gasteiger partial charge in [0.25, 0.3) is 0 Å². The molecule has 0 aliphatic heterocycles. The molecule has 0 aliphatic carbocycles. The number of para-hydroxylation sites is 3. The van der Waals surface area contributed by atoms with Gasteiger partial charge in [0.2, 0.25) is 0 Å². The number of alkyl halides is 3. The number of aryl methyl sites for hydroxylation is 6. The van der Waals surface area contributed by atoms with Crippen molar-refractivity contribution in [2.75, 3.05) is 0 Å². The van der Waals surface area contributed by atoms with Gasteiger partial charge in [-0.2, -0.15) is 13.2 Å². The van der Waals surface area contributed by atoms with Crippen molar-refractivity contribution in [3.8, 4) is 72.7 Å². The lowest BCUT2D eigenvalue weighted by Gasteiger charge is -2.24. The molecule has 0 bridgehead atoms. The SMILES string of the molecule is Cc1cc(C)cc(-c2ccc3c(c2)c2ccccc2n3-c2cnccc2-c2cc(C(F)(F)F)cc(-c3ccncc3-n3c4ccccc4c4cc(-c5cc(C)cc(C)c5)ccc43)c2-n2c3ccccc3c3cc(-c4cc(C)cc(C)c4)ccc32)c1. The second-order valence-corrected chi connectivity index (χ2v) is 23.1. The van der Waals surface area contributed by atoms with Crippen LogP contribution in [0.1, 0.15) is 38.9 Å². The van der Waals surface area contributed by atoms with E-state index in [0.29, 0.717) is 39.3 Å². The third-order valence-corrected chi connectivity index (χ3v) is 17.0. The van der Waals surface area contributed by atoms with Crippen LogP contribution in [-0.4, -0.2) is 23.7 Å². The minimum atomic E-state index is -4.77. The fraction of sp³-hybridized carbons (Fsp3) is 0.0909. The summed E-state index contributed by atoms with van der Waals surface area (Å²) in [5, 5.41) is 6.00. The Labute approximate surface area is 490 Å². The van der Waals surface area contributed by atoms with Crippen LogP contribution < -0.4 is 0 Å². The van der Waals surface area contributed by atoms with Gasteiger partial charge in [0.15, 0.2) is 0 Å². The quantitative estimate of drug-likeness (QED) is 0.152. The third kappa shape index (κ3) is 8.61. The van der Waals surface area contributed by atoms with Gasteiger partial charge < -0.3 is 13.7 Å². The molecule has 0 atom stereocenters. The van der Waals surface area contributed by atoms with E-state index in [1.807, 2.05) is 48.5 Å². The van der Waals surface area contributed by atoms with Gasteiger partial charge in [-0.1, -0.05) is 161 Å². The molecule has 0 amide bonds. The summed E-state index contributed by atoms with van der Waals surface area (Å²) in [6, 6.07) is 70.5. The van der Waals surface area contributed by atoms with E-state index >= 15 is 13.2 Å². The molecule has 0 fully saturated rings. The smallest absolute Gasteiger partial charge is 0.308 e. The average molecular weight is 1110 g/mol. The van der Waals surface area contributed by atoms with Gasteiger partial charge in [-0.3, -0.25) is 9.97 Å². The summed E-state index contributed by atoms with van der Waals surface area (Å²) in [5.74, 6) is 0. The van der Waals surface area contributed by atoms with Gasteiger partial charge in [-0.25, -0.2) is 0 Å². The van der Waals surface area contributed by atoms with E-state index < -0.39 is 11.7 Å². The molecule has 0 saturated carbocycles. The third-order valence-electron chi connectivity index (χ3n) is 17.0. The monoisotopic (exact) mass is 1110 g/mol. The number of hydrogen-bond donors (Lipinski definition) is 0. The molecule has 10 aromatic carbocycles. The Morgan fingerprint density at radius 3 is 0.965 bits per heavy atom. The van der Waals surface area contributed by atoms with E-state index in [1.165, 1.54) is 34.4 Å². The van der Waals surface area contributed by atoms with E-state index in [9.17, 15) is 0 Å². The fourth-order valence-electron chi connectivity index (χ4n) is 13.7. The zero-order valence-electron chi connectivity index (χ0n) is 47.8. The predicted molar refractivity (Wildman–Crippen MR) is 346 cm³/mol. The highest BCUT2D eigenvalue weighted by Gasteiger charge is 2.35. The van der Waals surface area contributed by atoms with Gasteiger partial charge in [0.05, 0.1) is 68.1 Å². The fourth-order valence-corrected chi connectivity index (χ4v) is 13.7. The Balaban J connectivity index is 1.06. The second-order valence-electron chi connectivity index (χ2n) is 23.1. The van der Waals surface area contributed by atoms with E-state index in [0.717, 1.165) is 110 Å². The standard InChI is InChI=1S/C77H56F3N5/c1-45-29-46(2)33-54(32-45)51-19-22-71-63(38-51)58-13-7-10-16-68(58)83(71)74-43-81-27-25-61(74)66-41-57(77(78,79)80)42-67(76(66)85-70-18-12-9-15-60(70)65-40-53(21-24-73(65)85)56-36-49(5)31-50(6)37-56)62-26-28-82-44-75(62)84-69-17-11-8-14-59(69)64-39-52(20-23-72(64)84)55-34-47(3)30-48(4)35-55/h7-44H,1-6H3. The average Bonchev–Trinajstić information content (AvgIpc) is 1.74. The molecule has 0 unspecified atom stereocenters. The van der Waals surface area contributed by atoms with Crippen molar-refractivity contribution >= 4 is 65.4 Å². The first-order valence-electron chi connectivity index (χ1n) is 28.7. The molecule has 0 spiro atoms. The van der Waals surface area contributed by atoms with Gasteiger partial charge in [0.1, 0.15) is 0 Å². The summed E-state index contributed by atoms with van der Waals surface area (Å²) in [6.07, 6.45) is 2.22. The van der Waals surface area contributed by atoms with Crippen molar-refractivity contribution in [1.29, 1.82) is 0 Å². The first-order chi connectivity index (χ1) is 41.2. The summed E-state index contributed by atoms with van der Waals surface area (Å²) >= 11 is 0. The Kier molecular flexibility index (Phi) is 11.9. The Bertz CT molecular complexity index is 4970. The van der Waals surface area contributed by atoms with Gasteiger partial charge in [-0.15, -0.1) is 0 Å². The van der Waals surface area contributed by atoms with E-state index in [-0.39, 0.29) is 0 Å².